The Morgan fingerprint density at radius 2 is 1.89 bits per heavy atom. The van der Waals surface area contributed by atoms with Crippen LogP contribution in [0.3, 0.4) is 0 Å². The fourth-order valence-electron chi connectivity index (χ4n) is 3.78. The van der Waals surface area contributed by atoms with Crippen LogP contribution in [0, 0.1) is 6.92 Å². The standard InChI is InChI=1S/C25H30N6O4/c1-18-5-7-21(8-6-18)31-23(33)17-26-24(29-31)25(34)27-16-19-3-2-4-20(15-19)28-22(32)9-10-30-11-13-35-14-12-30/h2-8,15H,9-14,16-17H2,1H3,(H,26,29)(H,27,34)(H,28,32). The van der Waals surface area contributed by atoms with Crippen molar-refractivity contribution >= 4 is 34.9 Å². The highest BCUT2D eigenvalue weighted by Gasteiger charge is 2.25. The number of ether oxygens (including phenoxy) is 1. The summed E-state index contributed by atoms with van der Waals surface area (Å²) in [7, 11) is 0. The number of aryl methyl sites for hydroxylation is 1. The molecule has 0 unspecified atom stereocenters. The van der Waals surface area contributed by atoms with Crippen molar-refractivity contribution in [2.75, 3.05) is 49.7 Å². The zero-order valence-corrected chi connectivity index (χ0v) is 19.8. The lowest BCUT2D eigenvalue weighted by molar-refractivity contribution is -0.118. The van der Waals surface area contributed by atoms with Gasteiger partial charge in [-0.3, -0.25) is 29.7 Å². The molecular formula is C25H30N6O4. The molecule has 1 fully saturated rings. The van der Waals surface area contributed by atoms with E-state index in [1.165, 1.54) is 5.01 Å². The van der Waals surface area contributed by atoms with Crippen LogP contribution < -0.4 is 21.1 Å². The summed E-state index contributed by atoms with van der Waals surface area (Å²) in [6.45, 7) is 5.89. The van der Waals surface area contributed by atoms with Gasteiger partial charge in [0.05, 0.1) is 18.9 Å². The Bertz CT molecular complexity index is 1100. The van der Waals surface area contributed by atoms with Crippen LogP contribution >= 0.6 is 0 Å². The third-order valence-electron chi connectivity index (χ3n) is 5.77. The van der Waals surface area contributed by atoms with Crippen LogP contribution in [0.25, 0.3) is 0 Å². The summed E-state index contributed by atoms with van der Waals surface area (Å²) < 4.78 is 5.33. The summed E-state index contributed by atoms with van der Waals surface area (Å²) in [5.41, 5.74) is 6.01. The van der Waals surface area contributed by atoms with E-state index in [4.69, 9.17) is 4.74 Å². The van der Waals surface area contributed by atoms with Crippen LogP contribution in [0.2, 0.25) is 0 Å². The van der Waals surface area contributed by atoms with Crippen molar-refractivity contribution in [1.29, 1.82) is 0 Å². The second-order valence-corrected chi connectivity index (χ2v) is 8.48. The summed E-state index contributed by atoms with van der Waals surface area (Å²) in [5.74, 6) is -0.658. The zero-order chi connectivity index (χ0) is 24.6. The number of hydrogen-bond donors (Lipinski definition) is 3. The maximum absolute atomic E-state index is 12.7. The van der Waals surface area contributed by atoms with E-state index >= 15 is 0 Å². The number of hydrogen-bond acceptors (Lipinski definition) is 7. The normalized spacial score (nSPS) is 16.3. The van der Waals surface area contributed by atoms with Gasteiger partial charge >= 0.3 is 0 Å². The summed E-state index contributed by atoms with van der Waals surface area (Å²) in [6, 6.07) is 14.7. The van der Waals surface area contributed by atoms with Crippen LogP contribution in [0.4, 0.5) is 11.4 Å². The lowest BCUT2D eigenvalue weighted by Gasteiger charge is -2.27. The molecule has 3 N–H and O–H groups in total. The van der Waals surface area contributed by atoms with Crippen molar-refractivity contribution in [2.45, 2.75) is 19.9 Å². The number of morpholine rings is 1. The van der Waals surface area contributed by atoms with E-state index in [0.717, 1.165) is 24.2 Å². The Balaban J connectivity index is 1.27. The highest BCUT2D eigenvalue weighted by Crippen LogP contribution is 2.15. The first-order chi connectivity index (χ1) is 17.0. The second-order valence-electron chi connectivity index (χ2n) is 8.48. The predicted molar refractivity (Wildman–Crippen MR) is 133 cm³/mol. The smallest absolute Gasteiger partial charge is 0.288 e. The minimum Gasteiger partial charge on any atom is -0.379 e. The molecule has 2 heterocycles. The molecule has 2 aliphatic rings. The third-order valence-corrected chi connectivity index (χ3v) is 5.77. The number of amidine groups is 1. The maximum Gasteiger partial charge on any atom is 0.288 e. The van der Waals surface area contributed by atoms with E-state index in [-0.39, 0.29) is 30.7 Å². The quantitative estimate of drug-likeness (QED) is 0.526. The zero-order valence-electron chi connectivity index (χ0n) is 19.8. The topological polar surface area (TPSA) is 115 Å². The van der Waals surface area contributed by atoms with Crippen molar-refractivity contribution in [1.82, 2.24) is 15.6 Å². The monoisotopic (exact) mass is 478 g/mol. The van der Waals surface area contributed by atoms with E-state index in [1.54, 1.807) is 0 Å². The molecule has 0 aliphatic carbocycles. The first kappa shape index (κ1) is 24.4. The van der Waals surface area contributed by atoms with Gasteiger partial charge in [-0.1, -0.05) is 29.8 Å². The predicted octanol–water partition coefficient (Wildman–Crippen LogP) is 1.22. The van der Waals surface area contributed by atoms with E-state index in [0.29, 0.717) is 37.6 Å². The van der Waals surface area contributed by atoms with Gasteiger partial charge in [-0.15, -0.1) is 0 Å². The molecule has 0 radical (unpaired) electrons. The van der Waals surface area contributed by atoms with E-state index in [9.17, 15) is 14.4 Å². The van der Waals surface area contributed by atoms with Gasteiger partial charge in [0.25, 0.3) is 11.8 Å². The summed E-state index contributed by atoms with van der Waals surface area (Å²) in [5, 5.41) is 7.06. The van der Waals surface area contributed by atoms with Gasteiger partial charge in [0.1, 0.15) is 6.54 Å². The van der Waals surface area contributed by atoms with Crippen LogP contribution in [0.1, 0.15) is 17.5 Å². The van der Waals surface area contributed by atoms with Gasteiger partial charge in [0, 0.05) is 38.3 Å². The van der Waals surface area contributed by atoms with Gasteiger partial charge in [-0.2, -0.15) is 0 Å². The molecule has 1 saturated heterocycles. The first-order valence-electron chi connectivity index (χ1n) is 11.7. The Kier molecular flexibility index (Phi) is 8.07. The van der Waals surface area contributed by atoms with Crippen LogP contribution in [0.5, 0.6) is 0 Å². The molecule has 0 spiro atoms. The number of nitrogens with zero attached hydrogens (tertiary/aromatic N) is 3. The average Bonchev–Trinajstić information content (AvgIpc) is 2.88. The fraction of sp³-hybridized carbons (Fsp3) is 0.360. The van der Waals surface area contributed by atoms with Gasteiger partial charge in [0.15, 0.2) is 0 Å². The molecule has 2 aromatic carbocycles. The first-order valence-corrected chi connectivity index (χ1v) is 11.7. The van der Waals surface area contributed by atoms with Crippen LogP contribution in [0.15, 0.2) is 53.5 Å². The Hall–Kier alpha value is -3.76. The second kappa shape index (κ2) is 11.6. The van der Waals surface area contributed by atoms with Crippen LogP contribution in [-0.2, 0) is 25.7 Å². The number of nitrogens with one attached hydrogen (secondary N) is 3. The molecule has 3 amide bonds. The Morgan fingerprint density at radius 1 is 1.11 bits per heavy atom. The van der Waals surface area contributed by atoms with Crippen LogP contribution in [-0.4, -0.2) is 67.8 Å². The molecule has 0 atom stereocenters. The Labute approximate surface area is 204 Å². The number of amides is 3. The molecule has 0 saturated carbocycles. The highest BCUT2D eigenvalue weighted by molar-refractivity contribution is 6.39. The van der Waals surface area contributed by atoms with E-state index in [1.807, 2.05) is 55.5 Å². The van der Waals surface area contributed by atoms with E-state index < -0.39 is 5.91 Å². The van der Waals surface area contributed by atoms with Crippen molar-refractivity contribution < 1.29 is 19.1 Å². The number of anilines is 2. The summed E-state index contributed by atoms with van der Waals surface area (Å²) in [6.07, 6.45) is 0.405. The SMILES string of the molecule is Cc1ccc(N2NC(C(=O)NCc3cccc(NC(=O)CCN4CCOCC4)c3)=NCC2=O)cc1. The molecule has 2 aliphatic heterocycles. The maximum atomic E-state index is 12.7. The van der Waals surface area contributed by atoms with Crippen molar-refractivity contribution in [2.24, 2.45) is 4.99 Å². The molecule has 0 bridgehead atoms. The number of hydrazine groups is 1. The van der Waals surface area contributed by atoms with Gasteiger partial charge in [-0.05, 0) is 36.8 Å². The number of benzene rings is 2. The molecule has 10 nitrogen and oxygen atoms in total. The minimum atomic E-state index is -0.422. The number of aliphatic imine (C=N–C) groups is 1. The van der Waals surface area contributed by atoms with Gasteiger partial charge in [0.2, 0.25) is 11.7 Å². The molecule has 184 valence electrons. The van der Waals surface area contributed by atoms with Crippen molar-refractivity contribution in [3.8, 4) is 0 Å². The largest absolute Gasteiger partial charge is 0.379 e. The highest BCUT2D eigenvalue weighted by atomic mass is 16.5. The number of carbonyl (C=O) groups is 3. The molecular weight excluding hydrogens is 448 g/mol. The molecule has 4 rings (SSSR count). The lowest BCUT2D eigenvalue weighted by atomic mass is 10.2. The third kappa shape index (κ3) is 6.87. The van der Waals surface area contributed by atoms with E-state index in [2.05, 4.69) is 26.0 Å². The average molecular weight is 479 g/mol. The summed E-state index contributed by atoms with van der Waals surface area (Å²) in [4.78, 5) is 43.6. The van der Waals surface area contributed by atoms with Gasteiger partial charge in [-0.25, -0.2) is 5.01 Å². The van der Waals surface area contributed by atoms with Crippen molar-refractivity contribution in [3.63, 3.8) is 0 Å². The molecule has 35 heavy (non-hydrogen) atoms. The molecule has 10 heteroatoms. The Morgan fingerprint density at radius 3 is 2.66 bits per heavy atom. The minimum absolute atomic E-state index is 0.0562. The molecule has 0 aromatic heterocycles. The van der Waals surface area contributed by atoms with Gasteiger partial charge < -0.3 is 15.4 Å². The number of carbonyl (C=O) groups excluding carboxylic acids is 3. The van der Waals surface area contributed by atoms with Crippen molar-refractivity contribution in [3.05, 3.63) is 59.7 Å². The number of rotatable bonds is 8. The summed E-state index contributed by atoms with van der Waals surface area (Å²) >= 11 is 0. The fourth-order valence-corrected chi connectivity index (χ4v) is 3.78. The molecule has 2 aromatic rings. The lowest BCUT2D eigenvalue weighted by Crippen LogP contribution is -2.55.